The van der Waals surface area contributed by atoms with Gasteiger partial charge in [0, 0.05) is 17.3 Å². The van der Waals surface area contributed by atoms with Gasteiger partial charge < -0.3 is 5.73 Å². The Morgan fingerprint density at radius 2 is 2.00 bits per heavy atom. The molecule has 0 spiro atoms. The molecule has 4 heteroatoms. The van der Waals surface area contributed by atoms with Gasteiger partial charge in [0.15, 0.2) is 5.82 Å². The van der Waals surface area contributed by atoms with Crippen molar-refractivity contribution >= 4 is 17.4 Å². The van der Waals surface area contributed by atoms with Gasteiger partial charge >= 0.3 is 0 Å². The summed E-state index contributed by atoms with van der Waals surface area (Å²) in [5.74, 6) is 1.06. The van der Waals surface area contributed by atoms with E-state index in [1.54, 1.807) is 6.07 Å². The second-order valence-electron chi connectivity index (χ2n) is 3.44. The first-order chi connectivity index (χ1) is 7.70. The Kier molecular flexibility index (Phi) is 3.06. The molecule has 0 aliphatic carbocycles. The van der Waals surface area contributed by atoms with Crippen molar-refractivity contribution in [2.24, 2.45) is 0 Å². The molecule has 2 aromatic rings. The van der Waals surface area contributed by atoms with E-state index in [9.17, 15) is 0 Å². The minimum absolute atomic E-state index is 0.474. The first-order valence-electron chi connectivity index (χ1n) is 5.09. The molecule has 82 valence electrons. The summed E-state index contributed by atoms with van der Waals surface area (Å²) in [6, 6.07) is 9.25. The lowest BCUT2D eigenvalue weighted by Crippen LogP contribution is -1.99. The molecule has 0 fully saturated rings. The van der Waals surface area contributed by atoms with E-state index in [0.29, 0.717) is 16.7 Å². The number of aryl methyl sites for hydroxylation is 1. The number of halogens is 1. The highest BCUT2D eigenvalue weighted by atomic mass is 35.5. The molecule has 1 aromatic carbocycles. The largest absolute Gasteiger partial charge is 0.384 e. The van der Waals surface area contributed by atoms with Gasteiger partial charge in [0.2, 0.25) is 0 Å². The van der Waals surface area contributed by atoms with E-state index >= 15 is 0 Å². The molecule has 0 amide bonds. The van der Waals surface area contributed by atoms with E-state index in [4.69, 9.17) is 17.3 Å². The second kappa shape index (κ2) is 4.49. The van der Waals surface area contributed by atoms with Gasteiger partial charge in [0.1, 0.15) is 5.82 Å². The van der Waals surface area contributed by atoms with Crippen LogP contribution in [0.2, 0.25) is 5.02 Å². The third kappa shape index (κ3) is 2.14. The van der Waals surface area contributed by atoms with Crippen LogP contribution in [0.4, 0.5) is 5.82 Å². The molecule has 0 aliphatic rings. The van der Waals surface area contributed by atoms with Crippen LogP contribution in [0, 0.1) is 0 Å². The number of benzene rings is 1. The van der Waals surface area contributed by atoms with E-state index in [0.717, 1.165) is 17.7 Å². The quantitative estimate of drug-likeness (QED) is 0.868. The zero-order valence-electron chi connectivity index (χ0n) is 8.94. The maximum Gasteiger partial charge on any atom is 0.163 e. The molecule has 0 saturated carbocycles. The molecular formula is C12H12ClN3. The van der Waals surface area contributed by atoms with Crippen LogP contribution in [0.1, 0.15) is 12.6 Å². The van der Waals surface area contributed by atoms with Crippen molar-refractivity contribution in [3.05, 3.63) is 41.0 Å². The number of rotatable bonds is 2. The van der Waals surface area contributed by atoms with Crippen molar-refractivity contribution in [2.75, 3.05) is 5.73 Å². The molecule has 3 nitrogen and oxygen atoms in total. The van der Waals surface area contributed by atoms with Gasteiger partial charge in [-0.3, -0.25) is 0 Å². The lowest BCUT2D eigenvalue weighted by atomic mass is 10.2. The number of aromatic nitrogens is 2. The Morgan fingerprint density at radius 3 is 2.69 bits per heavy atom. The van der Waals surface area contributed by atoms with Gasteiger partial charge in [-0.15, -0.1) is 0 Å². The van der Waals surface area contributed by atoms with Gasteiger partial charge in [-0.25, -0.2) is 9.97 Å². The topological polar surface area (TPSA) is 51.8 Å². The van der Waals surface area contributed by atoms with Crippen LogP contribution in [0.15, 0.2) is 30.3 Å². The zero-order chi connectivity index (χ0) is 11.5. The summed E-state index contributed by atoms with van der Waals surface area (Å²) in [6.45, 7) is 2.03. The fourth-order valence-corrected chi connectivity index (χ4v) is 1.68. The van der Waals surface area contributed by atoms with Crippen LogP contribution in [0.3, 0.4) is 0 Å². The Bertz CT molecular complexity index is 511. The predicted molar refractivity (Wildman–Crippen MR) is 66.3 cm³/mol. The molecule has 0 bridgehead atoms. The van der Waals surface area contributed by atoms with Crippen LogP contribution in [-0.2, 0) is 6.42 Å². The number of anilines is 1. The SMILES string of the molecule is CCc1cc(N)nc(-c2ccccc2Cl)n1. The summed E-state index contributed by atoms with van der Waals surface area (Å²) in [4.78, 5) is 8.60. The number of hydrogen-bond donors (Lipinski definition) is 1. The van der Waals surface area contributed by atoms with Crippen molar-refractivity contribution in [3.8, 4) is 11.4 Å². The molecule has 1 aromatic heterocycles. The molecule has 0 unspecified atom stereocenters. The molecule has 0 saturated heterocycles. The average Bonchev–Trinajstić information content (AvgIpc) is 2.28. The van der Waals surface area contributed by atoms with Crippen LogP contribution < -0.4 is 5.73 Å². The van der Waals surface area contributed by atoms with Crippen molar-refractivity contribution in [1.29, 1.82) is 0 Å². The number of hydrogen-bond acceptors (Lipinski definition) is 3. The van der Waals surface area contributed by atoms with Crippen molar-refractivity contribution < 1.29 is 0 Å². The minimum Gasteiger partial charge on any atom is -0.384 e. The minimum atomic E-state index is 0.474. The monoisotopic (exact) mass is 233 g/mol. The summed E-state index contributed by atoms with van der Waals surface area (Å²) >= 11 is 6.09. The number of nitrogens with two attached hydrogens (primary N) is 1. The molecule has 0 aliphatic heterocycles. The Labute approximate surface area is 99.3 Å². The van der Waals surface area contributed by atoms with Crippen molar-refractivity contribution in [2.45, 2.75) is 13.3 Å². The van der Waals surface area contributed by atoms with E-state index in [1.165, 1.54) is 0 Å². The van der Waals surface area contributed by atoms with Crippen LogP contribution >= 0.6 is 11.6 Å². The van der Waals surface area contributed by atoms with Gasteiger partial charge in [-0.05, 0) is 18.6 Å². The summed E-state index contributed by atoms with van der Waals surface area (Å²) in [7, 11) is 0. The summed E-state index contributed by atoms with van der Waals surface area (Å²) in [6.07, 6.45) is 0.824. The first-order valence-corrected chi connectivity index (χ1v) is 5.47. The average molecular weight is 234 g/mol. The third-order valence-corrected chi connectivity index (χ3v) is 2.61. The van der Waals surface area contributed by atoms with Crippen LogP contribution in [0.5, 0.6) is 0 Å². The second-order valence-corrected chi connectivity index (χ2v) is 3.85. The lowest BCUT2D eigenvalue weighted by molar-refractivity contribution is 1.01. The highest BCUT2D eigenvalue weighted by molar-refractivity contribution is 6.33. The fraction of sp³-hybridized carbons (Fsp3) is 0.167. The smallest absolute Gasteiger partial charge is 0.163 e. The van der Waals surface area contributed by atoms with E-state index in [1.807, 2.05) is 31.2 Å². The van der Waals surface area contributed by atoms with Gasteiger partial charge in [0.05, 0.1) is 5.02 Å². The normalized spacial score (nSPS) is 10.4. The number of nitrogen functional groups attached to an aromatic ring is 1. The van der Waals surface area contributed by atoms with Crippen molar-refractivity contribution in [1.82, 2.24) is 9.97 Å². The summed E-state index contributed by atoms with van der Waals surface area (Å²) in [5, 5.41) is 0.634. The molecule has 2 N–H and O–H groups in total. The molecular weight excluding hydrogens is 222 g/mol. The van der Waals surface area contributed by atoms with Crippen LogP contribution in [0.25, 0.3) is 11.4 Å². The lowest BCUT2D eigenvalue weighted by Gasteiger charge is -2.05. The van der Waals surface area contributed by atoms with E-state index in [2.05, 4.69) is 9.97 Å². The maximum absolute atomic E-state index is 6.09. The Hall–Kier alpha value is -1.61. The van der Waals surface area contributed by atoms with Gasteiger partial charge in [-0.2, -0.15) is 0 Å². The molecule has 1 heterocycles. The highest BCUT2D eigenvalue weighted by Crippen LogP contribution is 2.25. The standard InChI is InChI=1S/C12H12ClN3/c1-2-8-7-11(14)16-12(15-8)9-5-3-4-6-10(9)13/h3-7H,2H2,1H3,(H2,14,15,16). The predicted octanol–water partition coefficient (Wildman–Crippen LogP) is 2.94. The third-order valence-electron chi connectivity index (χ3n) is 2.28. The Balaban J connectivity index is 2.56. The summed E-state index contributed by atoms with van der Waals surface area (Å²) in [5.41, 5.74) is 7.46. The molecule has 2 rings (SSSR count). The Morgan fingerprint density at radius 1 is 1.25 bits per heavy atom. The highest BCUT2D eigenvalue weighted by Gasteiger charge is 2.07. The van der Waals surface area contributed by atoms with E-state index in [-0.39, 0.29) is 0 Å². The number of nitrogens with zero attached hydrogens (tertiary/aromatic N) is 2. The summed E-state index contributed by atoms with van der Waals surface area (Å²) < 4.78 is 0. The van der Waals surface area contributed by atoms with Gasteiger partial charge in [0.25, 0.3) is 0 Å². The molecule has 16 heavy (non-hydrogen) atoms. The van der Waals surface area contributed by atoms with E-state index < -0.39 is 0 Å². The maximum atomic E-state index is 6.09. The molecule has 0 radical (unpaired) electrons. The first kappa shape index (κ1) is 10.9. The van der Waals surface area contributed by atoms with Gasteiger partial charge in [-0.1, -0.05) is 30.7 Å². The van der Waals surface area contributed by atoms with Crippen LogP contribution in [-0.4, -0.2) is 9.97 Å². The molecule has 0 atom stereocenters. The zero-order valence-corrected chi connectivity index (χ0v) is 9.70. The fourth-order valence-electron chi connectivity index (χ4n) is 1.46. The van der Waals surface area contributed by atoms with Crippen molar-refractivity contribution in [3.63, 3.8) is 0 Å².